The molecule has 3 rings (SSSR count). The number of sulfonamides is 1. The lowest BCUT2D eigenvalue weighted by Crippen LogP contribution is -2.32. The van der Waals surface area contributed by atoms with Crippen LogP contribution in [0.3, 0.4) is 0 Å². The second kappa shape index (κ2) is 10.2. The van der Waals surface area contributed by atoms with E-state index in [1.54, 1.807) is 36.4 Å². The van der Waals surface area contributed by atoms with Crippen LogP contribution in [0.4, 0.5) is 11.4 Å². The molecule has 0 fully saturated rings. The van der Waals surface area contributed by atoms with Crippen LogP contribution < -0.4 is 14.8 Å². The molecule has 1 amide bonds. The van der Waals surface area contributed by atoms with Gasteiger partial charge in [0.05, 0.1) is 4.90 Å². The van der Waals surface area contributed by atoms with Crippen LogP contribution >= 0.6 is 15.9 Å². The molecule has 0 radical (unpaired) electrons. The van der Waals surface area contributed by atoms with Gasteiger partial charge in [-0.05, 0) is 86.0 Å². The fraction of sp³-hybridized carbons (Fsp3) is 0.208. The Morgan fingerprint density at radius 2 is 1.59 bits per heavy atom. The molecule has 3 aromatic carbocycles. The maximum Gasteiger partial charge on any atom is 0.265 e. The molecule has 0 aliphatic rings. The van der Waals surface area contributed by atoms with E-state index in [9.17, 15) is 13.2 Å². The third-order valence-corrected chi connectivity index (χ3v) is 6.73. The molecule has 6 nitrogen and oxygen atoms in total. The molecule has 0 bridgehead atoms. The van der Waals surface area contributed by atoms with Crippen LogP contribution in [-0.2, 0) is 14.8 Å². The molecule has 0 aliphatic carbocycles. The topological polar surface area (TPSA) is 84.5 Å². The van der Waals surface area contributed by atoms with Crippen molar-refractivity contribution in [2.75, 3.05) is 10.0 Å². The molecule has 0 saturated carbocycles. The normalized spacial score (nSPS) is 12.1. The lowest BCUT2D eigenvalue weighted by Gasteiger charge is -2.19. The number of halogens is 1. The fourth-order valence-electron chi connectivity index (χ4n) is 2.98. The van der Waals surface area contributed by atoms with Crippen LogP contribution in [0.2, 0.25) is 0 Å². The zero-order chi connectivity index (χ0) is 23.3. The quantitative estimate of drug-likeness (QED) is 0.404. The number of aryl methyl sites for hydroxylation is 2. The second-order valence-corrected chi connectivity index (χ2v) is 10.0. The summed E-state index contributed by atoms with van der Waals surface area (Å²) < 4.78 is 34.5. The summed E-state index contributed by atoms with van der Waals surface area (Å²) in [6.45, 7) is 5.77. The van der Waals surface area contributed by atoms with Gasteiger partial charge in [0.2, 0.25) is 0 Å². The van der Waals surface area contributed by atoms with Crippen LogP contribution in [0.25, 0.3) is 0 Å². The van der Waals surface area contributed by atoms with Crippen molar-refractivity contribution in [2.45, 2.75) is 38.2 Å². The van der Waals surface area contributed by atoms with Gasteiger partial charge in [-0.25, -0.2) is 8.42 Å². The van der Waals surface area contributed by atoms with E-state index in [1.165, 1.54) is 12.1 Å². The number of carbonyl (C=O) groups excluding carboxylic acids is 1. The molecular formula is C24H25BrN2O4S. The number of anilines is 2. The van der Waals surface area contributed by atoms with Crippen molar-refractivity contribution in [3.8, 4) is 5.75 Å². The SMILES string of the molecule is CCC(Oc1cc(C)ccc1C)C(=O)Nc1ccc(S(=O)(=O)Nc2ccc(Br)cc2)cc1. The smallest absolute Gasteiger partial charge is 0.265 e. The number of ether oxygens (including phenoxy) is 1. The van der Waals surface area contributed by atoms with E-state index in [1.807, 2.05) is 39.0 Å². The summed E-state index contributed by atoms with van der Waals surface area (Å²) in [6, 6.07) is 18.7. The largest absolute Gasteiger partial charge is 0.480 e. The fourth-order valence-corrected chi connectivity index (χ4v) is 4.30. The minimum Gasteiger partial charge on any atom is -0.480 e. The van der Waals surface area contributed by atoms with E-state index in [0.29, 0.717) is 23.5 Å². The maximum absolute atomic E-state index is 12.7. The van der Waals surface area contributed by atoms with Crippen molar-refractivity contribution in [1.82, 2.24) is 0 Å². The molecule has 0 spiro atoms. The molecule has 168 valence electrons. The summed E-state index contributed by atoms with van der Waals surface area (Å²) in [5, 5.41) is 2.80. The molecule has 32 heavy (non-hydrogen) atoms. The predicted octanol–water partition coefficient (Wildman–Crippen LogP) is 5.66. The lowest BCUT2D eigenvalue weighted by molar-refractivity contribution is -0.122. The van der Waals surface area contributed by atoms with Gasteiger partial charge in [-0.1, -0.05) is 35.0 Å². The standard InChI is InChI=1S/C24H25BrN2O4S/c1-4-22(31-23-15-16(2)5-6-17(23)3)24(28)26-19-11-13-21(14-12-19)32(29,30)27-20-9-7-18(25)8-10-20/h5-15,22,27H,4H2,1-3H3,(H,26,28). The van der Waals surface area contributed by atoms with Gasteiger partial charge >= 0.3 is 0 Å². The Kier molecular flexibility index (Phi) is 7.58. The van der Waals surface area contributed by atoms with E-state index in [2.05, 4.69) is 26.0 Å². The van der Waals surface area contributed by atoms with Gasteiger partial charge in [0, 0.05) is 15.8 Å². The van der Waals surface area contributed by atoms with Gasteiger partial charge in [0.25, 0.3) is 15.9 Å². The molecule has 3 aromatic rings. The number of carbonyl (C=O) groups is 1. The molecule has 1 atom stereocenters. The Bertz CT molecular complexity index is 1190. The van der Waals surface area contributed by atoms with Crippen molar-refractivity contribution in [2.24, 2.45) is 0 Å². The van der Waals surface area contributed by atoms with Gasteiger partial charge in [0.15, 0.2) is 6.10 Å². The Hall–Kier alpha value is -2.84. The summed E-state index contributed by atoms with van der Waals surface area (Å²) >= 11 is 3.32. The Balaban J connectivity index is 1.67. The number of hydrogen-bond donors (Lipinski definition) is 2. The molecule has 0 saturated heterocycles. The highest BCUT2D eigenvalue weighted by Gasteiger charge is 2.20. The Morgan fingerprint density at radius 3 is 2.22 bits per heavy atom. The first-order valence-electron chi connectivity index (χ1n) is 10.1. The van der Waals surface area contributed by atoms with Gasteiger partial charge in [-0.2, -0.15) is 0 Å². The minimum absolute atomic E-state index is 0.0945. The highest BCUT2D eigenvalue weighted by atomic mass is 79.9. The summed E-state index contributed by atoms with van der Waals surface area (Å²) in [5.41, 5.74) is 2.95. The van der Waals surface area contributed by atoms with Crippen LogP contribution in [0.15, 0.2) is 76.1 Å². The first-order valence-corrected chi connectivity index (χ1v) is 12.4. The van der Waals surface area contributed by atoms with Gasteiger partial charge < -0.3 is 10.1 Å². The van der Waals surface area contributed by atoms with Crippen LogP contribution in [0, 0.1) is 13.8 Å². The molecule has 1 unspecified atom stereocenters. The Morgan fingerprint density at radius 1 is 0.969 bits per heavy atom. The molecule has 0 heterocycles. The summed E-state index contributed by atoms with van der Waals surface area (Å²) in [7, 11) is -3.74. The van der Waals surface area contributed by atoms with Crippen molar-refractivity contribution in [3.05, 3.63) is 82.3 Å². The number of hydrogen-bond acceptors (Lipinski definition) is 4. The van der Waals surface area contributed by atoms with Crippen molar-refractivity contribution < 1.29 is 17.9 Å². The summed E-state index contributed by atoms with van der Waals surface area (Å²) in [6.07, 6.45) is -0.180. The van der Waals surface area contributed by atoms with Crippen molar-refractivity contribution in [3.63, 3.8) is 0 Å². The summed E-state index contributed by atoms with van der Waals surface area (Å²) in [5.74, 6) is 0.379. The van der Waals surface area contributed by atoms with E-state index >= 15 is 0 Å². The molecule has 0 aromatic heterocycles. The first-order chi connectivity index (χ1) is 15.2. The lowest BCUT2D eigenvalue weighted by atomic mass is 10.1. The van der Waals surface area contributed by atoms with Crippen molar-refractivity contribution >= 4 is 43.2 Å². The molecule has 0 aliphatic heterocycles. The zero-order valence-corrected chi connectivity index (χ0v) is 20.5. The number of nitrogens with one attached hydrogen (secondary N) is 2. The van der Waals surface area contributed by atoms with E-state index in [0.717, 1.165) is 15.6 Å². The third kappa shape index (κ3) is 6.11. The van der Waals surface area contributed by atoms with Crippen LogP contribution in [0.5, 0.6) is 5.75 Å². The van der Waals surface area contributed by atoms with Crippen LogP contribution in [-0.4, -0.2) is 20.4 Å². The molecule has 8 heteroatoms. The number of benzene rings is 3. The first kappa shape index (κ1) is 23.8. The average Bonchev–Trinajstić information content (AvgIpc) is 2.76. The van der Waals surface area contributed by atoms with Gasteiger partial charge in [-0.15, -0.1) is 0 Å². The van der Waals surface area contributed by atoms with E-state index in [4.69, 9.17) is 4.74 Å². The molecular weight excluding hydrogens is 492 g/mol. The Labute approximate surface area is 197 Å². The monoisotopic (exact) mass is 516 g/mol. The highest BCUT2D eigenvalue weighted by Crippen LogP contribution is 2.23. The van der Waals surface area contributed by atoms with Crippen LogP contribution in [0.1, 0.15) is 24.5 Å². The second-order valence-electron chi connectivity index (χ2n) is 7.41. The maximum atomic E-state index is 12.7. The number of amides is 1. The van der Waals surface area contributed by atoms with E-state index in [-0.39, 0.29) is 10.8 Å². The predicted molar refractivity (Wildman–Crippen MR) is 131 cm³/mol. The summed E-state index contributed by atoms with van der Waals surface area (Å²) in [4.78, 5) is 12.8. The average molecular weight is 517 g/mol. The van der Waals surface area contributed by atoms with Gasteiger partial charge in [-0.3, -0.25) is 9.52 Å². The van der Waals surface area contributed by atoms with E-state index < -0.39 is 16.1 Å². The highest BCUT2D eigenvalue weighted by molar-refractivity contribution is 9.10. The minimum atomic E-state index is -3.74. The molecule has 2 N–H and O–H groups in total. The zero-order valence-electron chi connectivity index (χ0n) is 18.1. The third-order valence-electron chi connectivity index (χ3n) is 4.80. The van der Waals surface area contributed by atoms with Crippen molar-refractivity contribution in [1.29, 1.82) is 0 Å². The van der Waals surface area contributed by atoms with Gasteiger partial charge in [0.1, 0.15) is 5.75 Å². The number of rotatable bonds is 8.